The quantitative estimate of drug-likeness (QED) is 0.704. The van der Waals surface area contributed by atoms with Gasteiger partial charge in [-0.05, 0) is 30.7 Å². The van der Waals surface area contributed by atoms with Crippen molar-refractivity contribution in [3.8, 4) is 0 Å². The van der Waals surface area contributed by atoms with Crippen LogP contribution in [-0.4, -0.2) is 54.3 Å². The Kier molecular flexibility index (Phi) is 5.81. The Morgan fingerprint density at radius 2 is 1.80 bits per heavy atom. The number of aryl methyl sites for hydroxylation is 1. The number of rotatable bonds is 5. The minimum absolute atomic E-state index is 0.0335. The molecule has 0 aliphatic carbocycles. The van der Waals surface area contributed by atoms with Crippen LogP contribution in [0.3, 0.4) is 0 Å². The molecule has 1 aliphatic heterocycles. The van der Waals surface area contributed by atoms with Crippen LogP contribution in [0.1, 0.15) is 21.7 Å². The molecular weight excluding hydrogens is 385 g/mol. The lowest BCUT2D eigenvalue weighted by Gasteiger charge is -2.34. The third-order valence-electron chi connectivity index (χ3n) is 5.45. The normalized spacial score (nSPS) is 14.8. The van der Waals surface area contributed by atoms with E-state index in [0.29, 0.717) is 55.8 Å². The smallest absolute Gasteiger partial charge is 0.289 e. The maximum atomic E-state index is 13.5. The molecule has 0 radical (unpaired) electrons. The number of carbonyl (C=O) groups is 2. The second kappa shape index (κ2) is 8.67. The summed E-state index contributed by atoms with van der Waals surface area (Å²) in [7, 11) is 0. The zero-order valence-electron chi connectivity index (χ0n) is 16.9. The van der Waals surface area contributed by atoms with E-state index in [2.05, 4.69) is 5.32 Å². The molecule has 4 rings (SSSR count). The number of hydrogen-bond donors (Lipinski definition) is 1. The van der Waals surface area contributed by atoms with Crippen LogP contribution in [0.5, 0.6) is 0 Å². The molecule has 2 amide bonds. The van der Waals surface area contributed by atoms with Gasteiger partial charge in [0, 0.05) is 43.7 Å². The summed E-state index contributed by atoms with van der Waals surface area (Å²) < 4.78 is 19.2. The van der Waals surface area contributed by atoms with Gasteiger partial charge in [-0.2, -0.15) is 0 Å². The summed E-state index contributed by atoms with van der Waals surface area (Å²) in [6, 6.07) is 14.0. The van der Waals surface area contributed by atoms with Gasteiger partial charge in [0.15, 0.2) is 5.76 Å². The Bertz CT molecular complexity index is 1060. The van der Waals surface area contributed by atoms with Gasteiger partial charge in [-0.1, -0.05) is 30.3 Å². The highest BCUT2D eigenvalue weighted by Gasteiger charge is 2.27. The number of halogens is 1. The number of amides is 2. The highest BCUT2D eigenvalue weighted by molar-refractivity contribution is 5.99. The number of hydrogen-bond acceptors (Lipinski definition) is 4. The Morgan fingerprint density at radius 3 is 2.53 bits per heavy atom. The first-order chi connectivity index (χ1) is 14.5. The topological polar surface area (TPSA) is 65.8 Å². The fraction of sp³-hybridized carbons (Fsp3) is 0.304. The monoisotopic (exact) mass is 409 g/mol. The molecule has 0 spiro atoms. The zero-order valence-corrected chi connectivity index (χ0v) is 16.9. The summed E-state index contributed by atoms with van der Waals surface area (Å²) in [6.45, 7) is 4.82. The summed E-state index contributed by atoms with van der Waals surface area (Å²) in [6.07, 6.45) is 0. The lowest BCUT2D eigenvalue weighted by Crippen LogP contribution is -2.51. The van der Waals surface area contributed by atoms with E-state index in [0.717, 1.165) is 5.56 Å². The Hall–Kier alpha value is -3.19. The van der Waals surface area contributed by atoms with Crippen molar-refractivity contribution in [2.75, 3.05) is 32.7 Å². The van der Waals surface area contributed by atoms with E-state index in [1.54, 1.807) is 17.9 Å². The summed E-state index contributed by atoms with van der Waals surface area (Å²) in [5, 5.41) is 3.54. The molecule has 1 saturated heterocycles. The van der Waals surface area contributed by atoms with Crippen LogP contribution in [-0.2, 0) is 11.3 Å². The van der Waals surface area contributed by atoms with Gasteiger partial charge in [-0.3, -0.25) is 14.5 Å². The van der Waals surface area contributed by atoms with Crippen molar-refractivity contribution in [1.82, 2.24) is 15.1 Å². The maximum absolute atomic E-state index is 13.5. The van der Waals surface area contributed by atoms with Crippen molar-refractivity contribution in [2.24, 2.45) is 0 Å². The highest BCUT2D eigenvalue weighted by atomic mass is 19.1. The third-order valence-corrected chi connectivity index (χ3v) is 5.45. The number of nitrogens with zero attached hydrogens (tertiary/aromatic N) is 2. The zero-order chi connectivity index (χ0) is 21.1. The highest BCUT2D eigenvalue weighted by Crippen LogP contribution is 2.27. The van der Waals surface area contributed by atoms with Gasteiger partial charge in [0.25, 0.3) is 5.91 Å². The standard InChI is InChI=1S/C23H24FN3O3/c1-16-19-13-18(24)7-8-20(19)30-22(16)23(29)27-11-9-26(10-12-27)15-21(28)25-14-17-5-3-2-4-6-17/h2-8,13H,9-12,14-15H2,1H3,(H,25,28). The SMILES string of the molecule is Cc1c(C(=O)N2CCN(CC(=O)NCc3ccccc3)CC2)oc2ccc(F)cc12. The van der Waals surface area contributed by atoms with Crippen molar-refractivity contribution in [1.29, 1.82) is 0 Å². The summed E-state index contributed by atoms with van der Waals surface area (Å²) in [4.78, 5) is 28.9. The predicted molar refractivity (Wildman–Crippen MR) is 112 cm³/mol. The van der Waals surface area contributed by atoms with E-state index < -0.39 is 0 Å². The van der Waals surface area contributed by atoms with Crippen LogP contribution >= 0.6 is 0 Å². The number of piperazine rings is 1. The molecule has 6 nitrogen and oxygen atoms in total. The van der Waals surface area contributed by atoms with Crippen LogP contribution in [0.25, 0.3) is 11.0 Å². The molecule has 7 heteroatoms. The molecule has 0 atom stereocenters. The molecule has 30 heavy (non-hydrogen) atoms. The fourth-order valence-electron chi connectivity index (χ4n) is 3.71. The first kappa shape index (κ1) is 20.1. The van der Waals surface area contributed by atoms with E-state index in [9.17, 15) is 14.0 Å². The van der Waals surface area contributed by atoms with E-state index >= 15 is 0 Å². The number of furan rings is 1. The van der Waals surface area contributed by atoms with Gasteiger partial charge in [0.2, 0.25) is 5.91 Å². The summed E-state index contributed by atoms with van der Waals surface area (Å²) in [5.74, 6) is -0.333. The van der Waals surface area contributed by atoms with Crippen LogP contribution in [0.4, 0.5) is 4.39 Å². The summed E-state index contributed by atoms with van der Waals surface area (Å²) in [5.41, 5.74) is 2.21. The van der Waals surface area contributed by atoms with Crippen molar-refractivity contribution in [3.05, 3.63) is 71.2 Å². The Balaban J connectivity index is 1.30. The first-order valence-corrected chi connectivity index (χ1v) is 10.0. The number of fused-ring (bicyclic) bond motifs is 1. The van der Waals surface area contributed by atoms with Crippen molar-refractivity contribution in [3.63, 3.8) is 0 Å². The fourth-order valence-corrected chi connectivity index (χ4v) is 3.71. The van der Waals surface area contributed by atoms with Crippen LogP contribution < -0.4 is 5.32 Å². The van der Waals surface area contributed by atoms with E-state index in [1.165, 1.54) is 12.1 Å². The lowest BCUT2D eigenvalue weighted by molar-refractivity contribution is -0.122. The number of carbonyl (C=O) groups excluding carboxylic acids is 2. The van der Waals surface area contributed by atoms with Crippen molar-refractivity contribution < 1.29 is 18.4 Å². The van der Waals surface area contributed by atoms with E-state index in [-0.39, 0.29) is 23.4 Å². The third kappa shape index (κ3) is 4.36. The van der Waals surface area contributed by atoms with Gasteiger partial charge in [-0.25, -0.2) is 4.39 Å². The van der Waals surface area contributed by atoms with Crippen LogP contribution in [0.2, 0.25) is 0 Å². The molecule has 1 aliphatic rings. The van der Waals surface area contributed by atoms with Crippen molar-refractivity contribution in [2.45, 2.75) is 13.5 Å². The molecule has 1 N–H and O–H groups in total. The lowest BCUT2D eigenvalue weighted by atomic mass is 10.1. The minimum atomic E-state index is -0.357. The molecule has 1 aromatic heterocycles. The average Bonchev–Trinajstić information content (AvgIpc) is 3.09. The van der Waals surface area contributed by atoms with Gasteiger partial charge >= 0.3 is 0 Å². The van der Waals surface area contributed by atoms with Gasteiger partial charge < -0.3 is 14.6 Å². The van der Waals surface area contributed by atoms with Crippen LogP contribution in [0.15, 0.2) is 52.9 Å². The van der Waals surface area contributed by atoms with Crippen molar-refractivity contribution >= 4 is 22.8 Å². The molecule has 156 valence electrons. The van der Waals surface area contributed by atoms with Gasteiger partial charge in [0.05, 0.1) is 6.54 Å². The molecule has 0 saturated carbocycles. The summed E-state index contributed by atoms with van der Waals surface area (Å²) >= 11 is 0. The van der Waals surface area contributed by atoms with Gasteiger partial charge in [0.1, 0.15) is 11.4 Å². The molecule has 2 heterocycles. The molecule has 0 unspecified atom stereocenters. The average molecular weight is 409 g/mol. The maximum Gasteiger partial charge on any atom is 0.289 e. The van der Waals surface area contributed by atoms with Crippen LogP contribution in [0, 0.1) is 12.7 Å². The number of benzene rings is 2. The first-order valence-electron chi connectivity index (χ1n) is 10.0. The predicted octanol–water partition coefficient (Wildman–Crippen LogP) is 2.95. The second-order valence-electron chi connectivity index (χ2n) is 7.53. The largest absolute Gasteiger partial charge is 0.451 e. The Labute approximate surface area is 174 Å². The molecule has 2 aromatic carbocycles. The molecule has 1 fully saturated rings. The van der Waals surface area contributed by atoms with E-state index in [4.69, 9.17) is 4.42 Å². The second-order valence-corrected chi connectivity index (χ2v) is 7.53. The minimum Gasteiger partial charge on any atom is -0.451 e. The molecular formula is C23H24FN3O3. The van der Waals surface area contributed by atoms with Gasteiger partial charge in [-0.15, -0.1) is 0 Å². The molecule has 3 aromatic rings. The molecule has 0 bridgehead atoms. The van der Waals surface area contributed by atoms with E-state index in [1.807, 2.05) is 35.2 Å². The number of nitrogens with one attached hydrogen (secondary N) is 1. The Morgan fingerprint density at radius 1 is 1.07 bits per heavy atom.